The van der Waals surface area contributed by atoms with Crippen LogP contribution >= 0.6 is 0 Å². The maximum atomic E-state index is 5.56. The van der Waals surface area contributed by atoms with Crippen LogP contribution in [0.4, 0.5) is 0 Å². The van der Waals surface area contributed by atoms with Crippen LogP contribution in [0, 0.1) is 0 Å². The minimum Gasteiger partial charge on any atom is -0.466 e. The number of rotatable bonds is 12. The average molecular weight is 274 g/mol. The van der Waals surface area contributed by atoms with Crippen molar-refractivity contribution in [2.75, 3.05) is 19.8 Å². The van der Waals surface area contributed by atoms with Gasteiger partial charge in [0.05, 0.1) is 13.2 Å². The fraction of sp³-hybridized carbons (Fsp3) is 0.857. The first-order valence-electron chi connectivity index (χ1n) is 7.31. The van der Waals surface area contributed by atoms with Gasteiger partial charge < -0.3 is 14.2 Å². The Morgan fingerprint density at radius 1 is 1.00 bits per heavy atom. The molecule has 1 atom stereocenters. The number of ether oxygens (including phenoxy) is 3. The monoisotopic (exact) mass is 274 g/mol. The van der Waals surface area contributed by atoms with E-state index >= 15 is 0 Å². The van der Waals surface area contributed by atoms with Gasteiger partial charge in [0.2, 0.25) is 0 Å². The SMILES string of the molecule is CCOC(=CCCCCCC([SiH3])OCC)OCC. The molecule has 0 bridgehead atoms. The lowest BCUT2D eigenvalue weighted by atomic mass is 10.1. The molecule has 18 heavy (non-hydrogen) atoms. The fourth-order valence-corrected chi connectivity index (χ4v) is 2.53. The first-order chi connectivity index (χ1) is 8.74. The van der Waals surface area contributed by atoms with Crippen molar-refractivity contribution in [3.63, 3.8) is 0 Å². The summed E-state index contributed by atoms with van der Waals surface area (Å²) >= 11 is 0. The van der Waals surface area contributed by atoms with Gasteiger partial charge in [-0.25, -0.2) is 0 Å². The van der Waals surface area contributed by atoms with Gasteiger partial charge in [-0.1, -0.05) is 12.8 Å². The lowest BCUT2D eigenvalue weighted by Gasteiger charge is -2.11. The summed E-state index contributed by atoms with van der Waals surface area (Å²) in [6.07, 6.45) is 8.04. The predicted octanol–water partition coefficient (Wildman–Crippen LogP) is 2.58. The van der Waals surface area contributed by atoms with Crippen molar-refractivity contribution in [1.29, 1.82) is 0 Å². The van der Waals surface area contributed by atoms with E-state index in [2.05, 4.69) is 13.0 Å². The van der Waals surface area contributed by atoms with Crippen molar-refractivity contribution in [3.05, 3.63) is 12.0 Å². The highest BCUT2D eigenvalue weighted by Gasteiger charge is 2.00. The maximum absolute atomic E-state index is 5.56. The molecule has 0 aliphatic heterocycles. The van der Waals surface area contributed by atoms with Crippen molar-refractivity contribution in [2.24, 2.45) is 0 Å². The van der Waals surface area contributed by atoms with Crippen LogP contribution < -0.4 is 0 Å². The summed E-state index contributed by atoms with van der Waals surface area (Å²) < 4.78 is 16.3. The molecule has 3 nitrogen and oxygen atoms in total. The minimum atomic E-state index is 0.535. The summed E-state index contributed by atoms with van der Waals surface area (Å²) in [5, 5.41) is 0. The van der Waals surface area contributed by atoms with Crippen molar-refractivity contribution in [1.82, 2.24) is 0 Å². The maximum Gasteiger partial charge on any atom is 0.274 e. The van der Waals surface area contributed by atoms with Crippen LogP contribution in [0.5, 0.6) is 0 Å². The molecule has 0 spiro atoms. The smallest absolute Gasteiger partial charge is 0.274 e. The molecule has 0 fully saturated rings. The molecule has 0 aromatic heterocycles. The van der Waals surface area contributed by atoms with Crippen LogP contribution in [0.25, 0.3) is 0 Å². The van der Waals surface area contributed by atoms with Crippen LogP contribution in [-0.4, -0.2) is 35.8 Å². The Bertz CT molecular complexity index is 199. The quantitative estimate of drug-likeness (QED) is 0.311. The fourth-order valence-electron chi connectivity index (χ4n) is 1.78. The van der Waals surface area contributed by atoms with Crippen molar-refractivity contribution < 1.29 is 14.2 Å². The predicted molar refractivity (Wildman–Crippen MR) is 79.8 cm³/mol. The zero-order valence-corrected chi connectivity index (χ0v) is 14.5. The molecule has 0 aliphatic carbocycles. The van der Waals surface area contributed by atoms with E-state index in [-0.39, 0.29) is 0 Å². The molecule has 0 amide bonds. The standard InChI is InChI=1S/C14H30O3Si/c1-4-15-13(16-5-2)11-9-7-8-10-12-14(18)17-6-3/h11,14H,4-10,12H2,1-3,18H3. The van der Waals surface area contributed by atoms with Crippen LogP contribution in [0.1, 0.15) is 52.9 Å². The van der Waals surface area contributed by atoms with Crippen molar-refractivity contribution in [2.45, 2.75) is 58.6 Å². The number of allylic oxidation sites excluding steroid dienone is 1. The van der Waals surface area contributed by atoms with E-state index in [4.69, 9.17) is 14.2 Å². The van der Waals surface area contributed by atoms with Gasteiger partial charge in [0.1, 0.15) is 0 Å². The molecule has 0 rings (SSSR count). The summed E-state index contributed by atoms with van der Waals surface area (Å²) in [5.74, 6) is 0.690. The van der Waals surface area contributed by atoms with Gasteiger partial charge in [-0.05, 0) is 46.1 Å². The van der Waals surface area contributed by atoms with Crippen LogP contribution in [-0.2, 0) is 14.2 Å². The molecule has 0 saturated carbocycles. The van der Waals surface area contributed by atoms with E-state index in [1.54, 1.807) is 0 Å². The van der Waals surface area contributed by atoms with E-state index in [1.165, 1.54) is 25.7 Å². The van der Waals surface area contributed by atoms with Crippen molar-refractivity contribution in [3.8, 4) is 0 Å². The molecule has 0 radical (unpaired) electrons. The van der Waals surface area contributed by atoms with Crippen LogP contribution in [0.3, 0.4) is 0 Å². The van der Waals surface area contributed by atoms with Crippen LogP contribution in [0.15, 0.2) is 12.0 Å². The summed E-state index contributed by atoms with van der Waals surface area (Å²) in [6, 6.07) is 0. The lowest BCUT2D eigenvalue weighted by Crippen LogP contribution is -2.12. The zero-order chi connectivity index (χ0) is 13.6. The lowest BCUT2D eigenvalue weighted by molar-refractivity contribution is 0.0454. The molecule has 0 N–H and O–H groups in total. The zero-order valence-electron chi connectivity index (χ0n) is 12.5. The molecule has 1 unspecified atom stereocenters. The summed E-state index contributed by atoms with van der Waals surface area (Å²) in [7, 11) is 1.14. The number of unbranched alkanes of at least 4 members (excludes halogenated alkanes) is 3. The Labute approximate surface area is 115 Å². The van der Waals surface area contributed by atoms with Crippen LogP contribution in [0.2, 0.25) is 0 Å². The third-order valence-electron chi connectivity index (χ3n) is 2.65. The molecule has 0 aromatic rings. The first-order valence-corrected chi connectivity index (χ1v) is 8.47. The second-order valence-corrected chi connectivity index (χ2v) is 5.58. The van der Waals surface area contributed by atoms with E-state index < -0.39 is 0 Å². The largest absolute Gasteiger partial charge is 0.466 e. The highest BCUT2D eigenvalue weighted by atomic mass is 28.1. The average Bonchev–Trinajstić information content (AvgIpc) is 2.34. The molecule has 0 aliphatic rings. The Kier molecular flexibility index (Phi) is 12.6. The molecule has 4 heteroatoms. The molecular weight excluding hydrogens is 244 g/mol. The number of hydrogen-bond donors (Lipinski definition) is 0. The second kappa shape index (κ2) is 13.0. The van der Waals surface area contributed by atoms with E-state index in [0.29, 0.717) is 24.9 Å². The Morgan fingerprint density at radius 3 is 2.22 bits per heavy atom. The second-order valence-electron chi connectivity index (χ2n) is 4.29. The highest BCUT2D eigenvalue weighted by Crippen LogP contribution is 2.09. The molecule has 0 saturated heterocycles. The molecular formula is C14H30O3Si. The Balaban J connectivity index is 3.54. The minimum absolute atomic E-state index is 0.535. The molecule has 0 aromatic carbocycles. The van der Waals surface area contributed by atoms with E-state index in [9.17, 15) is 0 Å². The Hall–Kier alpha value is -0.483. The van der Waals surface area contributed by atoms with Gasteiger partial charge in [-0.15, -0.1) is 0 Å². The third-order valence-corrected chi connectivity index (χ3v) is 3.56. The number of hydrogen-bond acceptors (Lipinski definition) is 3. The van der Waals surface area contributed by atoms with E-state index in [0.717, 1.165) is 23.3 Å². The normalized spacial score (nSPS) is 12.2. The molecule has 108 valence electrons. The van der Waals surface area contributed by atoms with E-state index in [1.807, 2.05) is 13.8 Å². The summed E-state index contributed by atoms with van der Waals surface area (Å²) in [4.78, 5) is 0. The molecule has 0 heterocycles. The van der Waals surface area contributed by atoms with Gasteiger partial charge in [0.25, 0.3) is 5.95 Å². The highest BCUT2D eigenvalue weighted by molar-refractivity contribution is 6.10. The van der Waals surface area contributed by atoms with Gasteiger partial charge in [-0.3, -0.25) is 0 Å². The van der Waals surface area contributed by atoms with Gasteiger partial charge in [0, 0.05) is 22.6 Å². The topological polar surface area (TPSA) is 27.7 Å². The van der Waals surface area contributed by atoms with Gasteiger partial charge in [0.15, 0.2) is 0 Å². The first kappa shape index (κ1) is 17.5. The summed E-state index contributed by atoms with van der Waals surface area (Å²) in [5.41, 5.74) is 0.535. The third kappa shape index (κ3) is 10.7. The van der Waals surface area contributed by atoms with Crippen molar-refractivity contribution >= 4 is 10.2 Å². The van der Waals surface area contributed by atoms with Gasteiger partial charge in [-0.2, -0.15) is 0 Å². The van der Waals surface area contributed by atoms with Gasteiger partial charge >= 0.3 is 0 Å². The Morgan fingerprint density at radius 2 is 1.67 bits per heavy atom. The summed E-state index contributed by atoms with van der Waals surface area (Å²) in [6.45, 7) is 8.21.